The Kier molecular flexibility index (Phi) is 10.6. The SMILES string of the molecule is CCCNC(=O)[C@H](C)N(Cc1cccc(C)c1)C(=O)CN(c1ccccc1)S(=O)(=O)c1ccc(OC)c(OC)c1. The fourth-order valence-corrected chi connectivity index (χ4v) is 5.64. The van der Waals surface area contributed by atoms with Gasteiger partial charge < -0.3 is 19.7 Å². The lowest BCUT2D eigenvalue weighted by Gasteiger charge is -2.32. The molecule has 0 heterocycles. The second-order valence-electron chi connectivity index (χ2n) is 9.34. The van der Waals surface area contributed by atoms with Crippen molar-refractivity contribution in [3.63, 3.8) is 0 Å². The number of ether oxygens (including phenoxy) is 2. The average molecular weight is 568 g/mol. The van der Waals surface area contributed by atoms with Gasteiger partial charge in [0.15, 0.2) is 11.5 Å². The van der Waals surface area contributed by atoms with Gasteiger partial charge in [-0.1, -0.05) is 55.0 Å². The van der Waals surface area contributed by atoms with E-state index >= 15 is 0 Å². The number of benzene rings is 3. The lowest BCUT2D eigenvalue weighted by atomic mass is 10.1. The quantitative estimate of drug-likeness (QED) is 0.333. The van der Waals surface area contributed by atoms with E-state index in [1.54, 1.807) is 37.3 Å². The predicted octanol–water partition coefficient (Wildman–Crippen LogP) is 4.15. The smallest absolute Gasteiger partial charge is 0.264 e. The largest absolute Gasteiger partial charge is 0.493 e. The topological polar surface area (TPSA) is 105 Å². The van der Waals surface area contributed by atoms with Crippen molar-refractivity contribution in [2.24, 2.45) is 0 Å². The van der Waals surface area contributed by atoms with Crippen molar-refractivity contribution in [3.05, 3.63) is 83.9 Å². The van der Waals surface area contributed by atoms with E-state index in [0.29, 0.717) is 18.0 Å². The van der Waals surface area contributed by atoms with Crippen LogP contribution in [0.15, 0.2) is 77.7 Å². The summed E-state index contributed by atoms with van der Waals surface area (Å²) in [7, 11) is -1.35. The Labute approximate surface area is 236 Å². The maximum absolute atomic E-state index is 14.0. The van der Waals surface area contributed by atoms with Gasteiger partial charge in [0.2, 0.25) is 11.8 Å². The van der Waals surface area contributed by atoms with Crippen LogP contribution in [0.2, 0.25) is 0 Å². The number of sulfonamides is 1. The van der Waals surface area contributed by atoms with E-state index in [9.17, 15) is 18.0 Å². The molecule has 1 atom stereocenters. The van der Waals surface area contributed by atoms with Crippen LogP contribution in [0.3, 0.4) is 0 Å². The van der Waals surface area contributed by atoms with E-state index in [-0.39, 0.29) is 23.1 Å². The van der Waals surface area contributed by atoms with Crippen LogP contribution in [0.4, 0.5) is 5.69 Å². The number of nitrogens with one attached hydrogen (secondary N) is 1. The number of para-hydroxylation sites is 1. The Morgan fingerprint density at radius 2 is 1.62 bits per heavy atom. The number of amides is 2. The molecule has 0 aliphatic carbocycles. The Morgan fingerprint density at radius 3 is 2.25 bits per heavy atom. The van der Waals surface area contributed by atoms with E-state index in [1.165, 1.54) is 37.3 Å². The molecule has 40 heavy (non-hydrogen) atoms. The molecule has 3 aromatic rings. The van der Waals surface area contributed by atoms with E-state index < -0.39 is 28.5 Å². The van der Waals surface area contributed by atoms with E-state index in [4.69, 9.17) is 9.47 Å². The molecule has 3 rings (SSSR count). The van der Waals surface area contributed by atoms with E-state index in [1.807, 2.05) is 38.1 Å². The molecule has 1 N–H and O–H groups in total. The van der Waals surface area contributed by atoms with Crippen molar-refractivity contribution in [2.75, 3.05) is 31.6 Å². The first-order valence-electron chi connectivity index (χ1n) is 13.0. The third-order valence-corrected chi connectivity index (χ3v) is 8.19. The average Bonchev–Trinajstić information content (AvgIpc) is 2.96. The van der Waals surface area contributed by atoms with Crippen molar-refractivity contribution in [2.45, 2.75) is 44.7 Å². The van der Waals surface area contributed by atoms with Gasteiger partial charge >= 0.3 is 0 Å². The molecule has 10 heteroatoms. The number of carbonyl (C=O) groups excluding carboxylic acids is 2. The highest BCUT2D eigenvalue weighted by Crippen LogP contribution is 2.32. The standard InChI is InChI=1S/C30H37N3O6S/c1-6-17-31-30(35)23(3)32(20-24-12-10-11-22(2)18-24)29(34)21-33(25-13-8-7-9-14-25)40(36,37)26-15-16-27(38-4)28(19-26)39-5/h7-16,18-19,23H,6,17,20-21H2,1-5H3,(H,31,35)/t23-/m0/s1. The van der Waals surface area contributed by atoms with Crippen LogP contribution in [-0.4, -0.2) is 58.5 Å². The van der Waals surface area contributed by atoms with E-state index in [2.05, 4.69) is 5.32 Å². The number of anilines is 1. The minimum absolute atomic E-state index is 0.0687. The second kappa shape index (κ2) is 13.8. The highest BCUT2D eigenvalue weighted by molar-refractivity contribution is 7.92. The van der Waals surface area contributed by atoms with Crippen LogP contribution in [-0.2, 0) is 26.2 Å². The molecule has 0 fully saturated rings. The molecule has 9 nitrogen and oxygen atoms in total. The van der Waals surface area contributed by atoms with Gasteiger partial charge in [0, 0.05) is 19.2 Å². The fourth-order valence-electron chi connectivity index (χ4n) is 4.21. The number of methoxy groups -OCH3 is 2. The zero-order valence-corrected chi connectivity index (χ0v) is 24.4. The normalized spacial score (nSPS) is 11.8. The zero-order chi connectivity index (χ0) is 29.3. The summed E-state index contributed by atoms with van der Waals surface area (Å²) in [5, 5.41) is 2.84. The lowest BCUT2D eigenvalue weighted by Crippen LogP contribution is -2.51. The van der Waals surface area contributed by atoms with Crippen LogP contribution in [0.25, 0.3) is 0 Å². The number of aryl methyl sites for hydroxylation is 1. The third-order valence-electron chi connectivity index (χ3n) is 6.42. The molecular weight excluding hydrogens is 530 g/mol. The molecule has 2 amide bonds. The van der Waals surface area contributed by atoms with Gasteiger partial charge in [-0.05, 0) is 50.1 Å². The maximum Gasteiger partial charge on any atom is 0.264 e. The Bertz CT molecular complexity index is 1410. The molecule has 0 radical (unpaired) electrons. The van der Waals surface area contributed by atoms with Gasteiger partial charge in [0.05, 0.1) is 24.8 Å². The number of hydrogen-bond acceptors (Lipinski definition) is 6. The lowest BCUT2D eigenvalue weighted by molar-refractivity contribution is -0.139. The van der Waals surface area contributed by atoms with Crippen molar-refractivity contribution in [1.82, 2.24) is 10.2 Å². The highest BCUT2D eigenvalue weighted by atomic mass is 32.2. The summed E-state index contributed by atoms with van der Waals surface area (Å²) in [6.45, 7) is 5.63. The van der Waals surface area contributed by atoms with Crippen molar-refractivity contribution in [1.29, 1.82) is 0 Å². The number of rotatable bonds is 13. The van der Waals surface area contributed by atoms with E-state index in [0.717, 1.165) is 21.9 Å². The summed E-state index contributed by atoms with van der Waals surface area (Å²) in [6, 6.07) is 19.5. The summed E-state index contributed by atoms with van der Waals surface area (Å²) < 4.78 is 39.6. The Hall–Kier alpha value is -4.05. The molecule has 3 aromatic carbocycles. The van der Waals surface area contributed by atoms with Crippen LogP contribution in [0, 0.1) is 6.92 Å². The first-order valence-corrected chi connectivity index (χ1v) is 14.5. The van der Waals surface area contributed by atoms with Crippen molar-refractivity contribution >= 4 is 27.5 Å². The van der Waals surface area contributed by atoms with Crippen molar-refractivity contribution in [3.8, 4) is 11.5 Å². The summed E-state index contributed by atoms with van der Waals surface area (Å²) in [6.07, 6.45) is 0.746. The Balaban J connectivity index is 2.03. The number of carbonyl (C=O) groups is 2. The fraction of sp³-hybridized carbons (Fsp3) is 0.333. The van der Waals surface area contributed by atoms with Gasteiger partial charge in [-0.25, -0.2) is 8.42 Å². The molecule has 0 unspecified atom stereocenters. The number of hydrogen-bond donors (Lipinski definition) is 1. The molecular formula is C30H37N3O6S. The maximum atomic E-state index is 14.0. The highest BCUT2D eigenvalue weighted by Gasteiger charge is 2.33. The molecule has 0 aliphatic rings. The summed E-state index contributed by atoms with van der Waals surface area (Å²) in [5.41, 5.74) is 2.15. The van der Waals surface area contributed by atoms with Crippen molar-refractivity contribution < 1.29 is 27.5 Å². The van der Waals surface area contributed by atoms with Gasteiger partial charge in [0.25, 0.3) is 10.0 Å². The number of nitrogens with zero attached hydrogens (tertiary/aromatic N) is 2. The monoisotopic (exact) mass is 567 g/mol. The second-order valence-corrected chi connectivity index (χ2v) is 11.2. The van der Waals surface area contributed by atoms with Gasteiger partial charge in [-0.15, -0.1) is 0 Å². The zero-order valence-electron chi connectivity index (χ0n) is 23.6. The minimum atomic E-state index is -4.23. The summed E-state index contributed by atoms with van der Waals surface area (Å²) >= 11 is 0. The van der Waals surface area contributed by atoms with Crippen LogP contribution >= 0.6 is 0 Å². The molecule has 0 saturated carbocycles. The van der Waals surface area contributed by atoms with Gasteiger partial charge in [-0.3, -0.25) is 13.9 Å². The first-order chi connectivity index (χ1) is 19.1. The van der Waals surface area contributed by atoms with Crippen LogP contribution < -0.4 is 19.1 Å². The predicted molar refractivity (Wildman–Crippen MR) is 155 cm³/mol. The minimum Gasteiger partial charge on any atom is -0.493 e. The molecule has 0 aliphatic heterocycles. The van der Waals surface area contributed by atoms with Crippen LogP contribution in [0.1, 0.15) is 31.4 Å². The molecule has 214 valence electrons. The Morgan fingerprint density at radius 1 is 0.925 bits per heavy atom. The van der Waals surface area contributed by atoms with Crippen LogP contribution in [0.5, 0.6) is 11.5 Å². The first kappa shape index (κ1) is 30.5. The molecule has 0 aromatic heterocycles. The summed E-state index contributed by atoms with van der Waals surface area (Å²) in [5.74, 6) is -0.212. The molecule has 0 bridgehead atoms. The summed E-state index contributed by atoms with van der Waals surface area (Å²) in [4.78, 5) is 28.2. The molecule has 0 spiro atoms. The van der Waals surface area contributed by atoms with Gasteiger partial charge in [-0.2, -0.15) is 0 Å². The van der Waals surface area contributed by atoms with Gasteiger partial charge in [0.1, 0.15) is 12.6 Å². The third kappa shape index (κ3) is 7.32. The molecule has 0 saturated heterocycles.